The van der Waals surface area contributed by atoms with Crippen molar-refractivity contribution in [3.63, 3.8) is 0 Å². The molecule has 0 saturated heterocycles. The summed E-state index contributed by atoms with van der Waals surface area (Å²) < 4.78 is 5.87. The molecule has 3 aromatic rings. The van der Waals surface area contributed by atoms with Gasteiger partial charge in [-0.2, -0.15) is 0 Å². The van der Waals surface area contributed by atoms with Crippen LogP contribution in [0.4, 0.5) is 0 Å². The summed E-state index contributed by atoms with van der Waals surface area (Å²) in [5.74, 6) is 0.786. The first-order valence-electron chi connectivity index (χ1n) is 7.06. The summed E-state index contributed by atoms with van der Waals surface area (Å²) in [6.07, 6.45) is 1.45. The minimum Gasteiger partial charge on any atom is -0.499 e. The molecule has 0 radical (unpaired) electrons. The maximum Gasteiger partial charge on any atom is 0.200 e. The third kappa shape index (κ3) is 3.24. The fraction of sp³-hybridized carbons (Fsp3) is 0.111. The van der Waals surface area contributed by atoms with Crippen molar-refractivity contribution in [1.82, 2.24) is 0 Å². The third-order valence-electron chi connectivity index (χ3n) is 3.47. The smallest absolute Gasteiger partial charge is 0.200 e. The SMILES string of the molecule is COc1ccc(CN=Cc2c(O)sc3ccccc3c2=O)cc1. The number of benzene rings is 2. The van der Waals surface area contributed by atoms with E-state index in [1.165, 1.54) is 17.6 Å². The summed E-state index contributed by atoms with van der Waals surface area (Å²) in [5.41, 5.74) is 1.04. The molecule has 0 aliphatic heterocycles. The highest BCUT2D eigenvalue weighted by Crippen LogP contribution is 2.26. The summed E-state index contributed by atoms with van der Waals surface area (Å²) in [7, 11) is 1.62. The van der Waals surface area contributed by atoms with Gasteiger partial charge < -0.3 is 9.84 Å². The molecule has 0 spiro atoms. The average molecular weight is 325 g/mol. The number of ether oxygens (including phenoxy) is 1. The lowest BCUT2D eigenvalue weighted by molar-refractivity contribution is 0.414. The van der Waals surface area contributed by atoms with Gasteiger partial charge in [0.25, 0.3) is 0 Å². The summed E-state index contributed by atoms with van der Waals surface area (Å²) in [4.78, 5) is 16.7. The summed E-state index contributed by atoms with van der Waals surface area (Å²) in [5, 5.41) is 10.7. The Labute approximate surface area is 137 Å². The van der Waals surface area contributed by atoms with Crippen molar-refractivity contribution >= 4 is 27.6 Å². The molecule has 5 heteroatoms. The van der Waals surface area contributed by atoms with Crippen molar-refractivity contribution in [2.45, 2.75) is 6.54 Å². The van der Waals surface area contributed by atoms with E-state index in [0.717, 1.165) is 16.0 Å². The number of aliphatic imine (C=N–C) groups is 1. The average Bonchev–Trinajstić information content (AvgIpc) is 2.58. The minimum absolute atomic E-state index is 0.00724. The molecular formula is C18H15NO3S. The third-order valence-corrected chi connectivity index (χ3v) is 4.46. The van der Waals surface area contributed by atoms with E-state index in [1.54, 1.807) is 13.2 Å². The zero-order valence-electron chi connectivity index (χ0n) is 12.5. The van der Waals surface area contributed by atoms with Crippen molar-refractivity contribution < 1.29 is 9.84 Å². The van der Waals surface area contributed by atoms with Crippen molar-refractivity contribution in [3.05, 3.63) is 69.9 Å². The quantitative estimate of drug-likeness (QED) is 0.746. The molecule has 0 amide bonds. The molecule has 0 unspecified atom stereocenters. The lowest BCUT2D eigenvalue weighted by atomic mass is 10.2. The van der Waals surface area contributed by atoms with Gasteiger partial charge >= 0.3 is 0 Å². The molecule has 1 aromatic heterocycles. The van der Waals surface area contributed by atoms with Crippen LogP contribution in [0.5, 0.6) is 10.8 Å². The normalized spacial score (nSPS) is 11.2. The first kappa shape index (κ1) is 15.2. The van der Waals surface area contributed by atoms with Gasteiger partial charge in [0.2, 0.25) is 5.43 Å². The van der Waals surface area contributed by atoms with Crippen LogP contribution in [0.3, 0.4) is 0 Å². The van der Waals surface area contributed by atoms with Gasteiger partial charge in [0.1, 0.15) is 5.75 Å². The number of fused-ring (bicyclic) bond motifs is 1. The molecule has 0 saturated carbocycles. The summed E-state index contributed by atoms with van der Waals surface area (Å²) in [6.45, 7) is 0.431. The number of rotatable bonds is 4. The van der Waals surface area contributed by atoms with E-state index in [4.69, 9.17) is 4.74 Å². The first-order valence-corrected chi connectivity index (χ1v) is 7.88. The van der Waals surface area contributed by atoms with Gasteiger partial charge in [0.05, 0.1) is 19.2 Å². The van der Waals surface area contributed by atoms with E-state index in [0.29, 0.717) is 11.9 Å². The molecule has 0 aliphatic carbocycles. The monoisotopic (exact) mass is 325 g/mol. The minimum atomic E-state index is -0.199. The second-order valence-corrected chi connectivity index (χ2v) is 5.99. The molecule has 1 heterocycles. The largest absolute Gasteiger partial charge is 0.499 e. The fourth-order valence-electron chi connectivity index (χ4n) is 2.23. The van der Waals surface area contributed by atoms with Crippen LogP contribution < -0.4 is 10.2 Å². The van der Waals surface area contributed by atoms with Crippen molar-refractivity contribution in [1.29, 1.82) is 0 Å². The second-order valence-electron chi connectivity index (χ2n) is 4.96. The highest BCUT2D eigenvalue weighted by molar-refractivity contribution is 7.20. The standard InChI is InChI=1S/C18H15NO3S/c1-22-13-8-6-12(7-9-13)10-19-11-15-17(20)14-4-2-3-5-16(14)23-18(15)21/h2-9,11,21H,10H2,1H3. The zero-order chi connectivity index (χ0) is 16.2. The van der Waals surface area contributed by atoms with Gasteiger partial charge in [-0.3, -0.25) is 9.79 Å². The number of nitrogens with zero attached hydrogens (tertiary/aromatic N) is 1. The van der Waals surface area contributed by atoms with Gasteiger partial charge in [-0.05, 0) is 29.8 Å². The molecule has 0 bridgehead atoms. The molecule has 0 atom stereocenters. The Morgan fingerprint density at radius 2 is 1.91 bits per heavy atom. The van der Waals surface area contributed by atoms with Gasteiger partial charge in [-0.25, -0.2) is 0 Å². The van der Waals surface area contributed by atoms with Crippen LogP contribution in [0.25, 0.3) is 10.1 Å². The van der Waals surface area contributed by atoms with Crippen LogP contribution in [-0.4, -0.2) is 18.4 Å². The predicted molar refractivity (Wildman–Crippen MR) is 94.1 cm³/mol. The van der Waals surface area contributed by atoms with E-state index in [-0.39, 0.29) is 16.1 Å². The highest BCUT2D eigenvalue weighted by Gasteiger charge is 2.09. The van der Waals surface area contributed by atoms with Crippen LogP contribution in [0.1, 0.15) is 11.1 Å². The second kappa shape index (κ2) is 6.62. The molecule has 1 N–H and O–H groups in total. The molecular weight excluding hydrogens is 310 g/mol. The molecule has 23 heavy (non-hydrogen) atoms. The Kier molecular flexibility index (Phi) is 4.39. The number of aromatic hydroxyl groups is 1. The maximum absolute atomic E-state index is 12.4. The molecule has 3 rings (SSSR count). The Hall–Kier alpha value is -2.66. The van der Waals surface area contributed by atoms with Gasteiger partial charge in [-0.1, -0.05) is 35.6 Å². The van der Waals surface area contributed by atoms with Crippen LogP contribution in [0.2, 0.25) is 0 Å². The Morgan fingerprint density at radius 1 is 1.17 bits per heavy atom. The van der Waals surface area contributed by atoms with Crippen LogP contribution >= 0.6 is 11.3 Å². The van der Waals surface area contributed by atoms with E-state index >= 15 is 0 Å². The van der Waals surface area contributed by atoms with Gasteiger partial charge in [-0.15, -0.1) is 0 Å². The van der Waals surface area contributed by atoms with Crippen molar-refractivity contribution in [2.24, 2.45) is 4.99 Å². The lowest BCUT2D eigenvalue weighted by Gasteiger charge is -2.02. The van der Waals surface area contributed by atoms with E-state index < -0.39 is 0 Å². The van der Waals surface area contributed by atoms with Crippen molar-refractivity contribution in [3.8, 4) is 10.8 Å². The number of methoxy groups -OCH3 is 1. The van der Waals surface area contributed by atoms with Gasteiger partial charge in [0, 0.05) is 16.3 Å². The molecule has 2 aromatic carbocycles. The van der Waals surface area contributed by atoms with Gasteiger partial charge in [0.15, 0.2) is 5.06 Å². The fourth-order valence-corrected chi connectivity index (χ4v) is 3.11. The molecule has 0 fully saturated rings. The Bertz CT molecular complexity index is 914. The van der Waals surface area contributed by atoms with Crippen molar-refractivity contribution in [2.75, 3.05) is 7.11 Å². The molecule has 4 nitrogen and oxygen atoms in total. The van der Waals surface area contributed by atoms with E-state index in [1.807, 2.05) is 42.5 Å². The van der Waals surface area contributed by atoms with E-state index in [9.17, 15) is 9.90 Å². The maximum atomic E-state index is 12.4. The summed E-state index contributed by atoms with van der Waals surface area (Å²) in [6, 6.07) is 14.8. The highest BCUT2D eigenvalue weighted by atomic mass is 32.1. The molecule has 116 valence electrons. The molecule has 0 aliphatic rings. The van der Waals surface area contributed by atoms with Crippen LogP contribution in [0, 0.1) is 0 Å². The zero-order valence-corrected chi connectivity index (χ0v) is 13.3. The Morgan fingerprint density at radius 3 is 2.65 bits per heavy atom. The number of hydrogen-bond donors (Lipinski definition) is 1. The predicted octanol–water partition coefficient (Wildman–Crippen LogP) is 3.59. The van der Waals surface area contributed by atoms with Crippen LogP contribution in [-0.2, 0) is 6.54 Å². The van der Waals surface area contributed by atoms with E-state index in [2.05, 4.69) is 4.99 Å². The topological polar surface area (TPSA) is 58.9 Å². The first-order chi connectivity index (χ1) is 11.2. The Balaban J connectivity index is 1.87. The number of hydrogen-bond acceptors (Lipinski definition) is 5. The van der Waals surface area contributed by atoms with Crippen LogP contribution in [0.15, 0.2) is 58.3 Å². The lowest BCUT2D eigenvalue weighted by Crippen LogP contribution is -2.07. The summed E-state index contributed by atoms with van der Waals surface area (Å²) >= 11 is 1.18.